The van der Waals surface area contributed by atoms with E-state index in [0.717, 1.165) is 0 Å². The second-order valence-corrected chi connectivity index (χ2v) is 6.15. The number of hydrogen-bond donors (Lipinski definition) is 2. The zero-order chi connectivity index (χ0) is 14.6. The van der Waals surface area contributed by atoms with E-state index in [0.29, 0.717) is 0 Å². The minimum Gasteiger partial charge on any atom is -0.479 e. The zero-order valence-electron chi connectivity index (χ0n) is 10.6. The van der Waals surface area contributed by atoms with E-state index >= 15 is 0 Å². The lowest BCUT2D eigenvalue weighted by Gasteiger charge is -2.21. The smallest absolute Gasteiger partial charge is 0.333 e. The van der Waals surface area contributed by atoms with Gasteiger partial charge in [-0.15, -0.1) is 0 Å². The Morgan fingerprint density at radius 3 is 2.42 bits per heavy atom. The van der Waals surface area contributed by atoms with Crippen LogP contribution in [0.15, 0.2) is 24.3 Å². The Balaban J connectivity index is 2.88. The molecular weight excluding hydrogens is 274 g/mol. The molecule has 1 rings (SSSR count). The zero-order valence-corrected chi connectivity index (χ0v) is 11.5. The number of para-hydroxylation sites is 1. The van der Waals surface area contributed by atoms with Crippen molar-refractivity contribution in [1.82, 2.24) is 0 Å². The third kappa shape index (κ3) is 5.11. The summed E-state index contributed by atoms with van der Waals surface area (Å²) in [5.74, 6) is -1.82. The normalized spacial score (nSPS) is 13.4. The van der Waals surface area contributed by atoms with E-state index < -0.39 is 31.5 Å². The molecule has 0 amide bonds. The van der Waals surface area contributed by atoms with Gasteiger partial charge in [0.1, 0.15) is 6.16 Å². The molecule has 0 saturated heterocycles. The molecule has 0 fully saturated rings. The second kappa shape index (κ2) is 6.28. The molecule has 19 heavy (non-hydrogen) atoms. The van der Waals surface area contributed by atoms with Crippen LogP contribution < -0.4 is 4.74 Å². The quantitative estimate of drug-likeness (QED) is 0.783. The molecule has 1 unspecified atom stereocenters. The van der Waals surface area contributed by atoms with Gasteiger partial charge in [-0.05, 0) is 18.1 Å². The lowest BCUT2D eigenvalue weighted by atomic mass is 10.0. The van der Waals surface area contributed by atoms with Gasteiger partial charge in [0.15, 0.2) is 23.5 Å². The first-order valence-corrected chi connectivity index (χ1v) is 7.49. The third-order valence-corrected chi connectivity index (χ3v) is 3.10. The molecule has 1 atom stereocenters. The number of carbonyl (C=O) groups excluding carboxylic acids is 1. The fourth-order valence-electron chi connectivity index (χ4n) is 1.54. The highest BCUT2D eigenvalue weighted by molar-refractivity contribution is 7.52. The standard InChI is InChI=1S/C12H16FO5P/c1-8(2)12(10(14)7-19(15,16)17)18-11-6-4-3-5-9(11)13/h3-6,8,12H,7H2,1-2H3,(H2,15,16,17). The fourth-order valence-corrected chi connectivity index (χ4v) is 2.13. The van der Waals surface area contributed by atoms with Crippen LogP contribution in [0.5, 0.6) is 5.75 Å². The number of ether oxygens (including phenoxy) is 1. The molecule has 0 aliphatic carbocycles. The number of hydrogen-bond acceptors (Lipinski definition) is 3. The third-order valence-electron chi connectivity index (χ3n) is 2.38. The molecule has 5 nitrogen and oxygen atoms in total. The predicted molar refractivity (Wildman–Crippen MR) is 67.6 cm³/mol. The Labute approximate surface area is 110 Å². The van der Waals surface area contributed by atoms with Crippen LogP contribution in [0.3, 0.4) is 0 Å². The van der Waals surface area contributed by atoms with Gasteiger partial charge in [-0.2, -0.15) is 0 Å². The highest BCUT2D eigenvalue weighted by Crippen LogP contribution is 2.35. The van der Waals surface area contributed by atoms with Crippen LogP contribution in [0.25, 0.3) is 0 Å². The van der Waals surface area contributed by atoms with Gasteiger partial charge in [0.25, 0.3) is 0 Å². The molecule has 1 aromatic rings. The summed E-state index contributed by atoms with van der Waals surface area (Å²) < 4.78 is 29.5. The highest BCUT2D eigenvalue weighted by atomic mass is 31.2. The van der Waals surface area contributed by atoms with Crippen molar-refractivity contribution in [2.75, 3.05) is 6.16 Å². The van der Waals surface area contributed by atoms with Crippen LogP contribution in [-0.2, 0) is 9.36 Å². The molecule has 0 saturated carbocycles. The Hall–Kier alpha value is -1.23. The van der Waals surface area contributed by atoms with E-state index in [-0.39, 0.29) is 11.7 Å². The Kier molecular flexibility index (Phi) is 5.23. The predicted octanol–water partition coefficient (Wildman–Crippen LogP) is 1.98. The van der Waals surface area contributed by atoms with E-state index in [9.17, 15) is 13.8 Å². The van der Waals surface area contributed by atoms with Gasteiger partial charge in [0, 0.05) is 0 Å². The molecule has 0 aliphatic rings. The fraction of sp³-hybridized carbons (Fsp3) is 0.417. The molecule has 7 heteroatoms. The summed E-state index contributed by atoms with van der Waals surface area (Å²) >= 11 is 0. The first kappa shape index (κ1) is 15.8. The van der Waals surface area contributed by atoms with Crippen molar-refractivity contribution in [3.05, 3.63) is 30.1 Å². The van der Waals surface area contributed by atoms with Gasteiger partial charge >= 0.3 is 7.60 Å². The topological polar surface area (TPSA) is 83.8 Å². The molecule has 106 valence electrons. The van der Waals surface area contributed by atoms with E-state index in [1.807, 2.05) is 0 Å². The van der Waals surface area contributed by atoms with E-state index in [1.54, 1.807) is 19.9 Å². The molecule has 2 N–H and O–H groups in total. The van der Waals surface area contributed by atoms with Crippen LogP contribution in [0.2, 0.25) is 0 Å². The molecule has 0 heterocycles. The molecule has 0 aromatic heterocycles. The van der Waals surface area contributed by atoms with Crippen LogP contribution in [0.1, 0.15) is 13.8 Å². The largest absolute Gasteiger partial charge is 0.479 e. The van der Waals surface area contributed by atoms with Crippen molar-refractivity contribution < 1.29 is 28.3 Å². The Bertz CT molecular complexity index is 497. The highest BCUT2D eigenvalue weighted by Gasteiger charge is 2.30. The number of carbonyl (C=O) groups is 1. The van der Waals surface area contributed by atoms with Crippen LogP contribution in [0, 0.1) is 11.7 Å². The van der Waals surface area contributed by atoms with Crippen LogP contribution in [0.4, 0.5) is 4.39 Å². The summed E-state index contributed by atoms with van der Waals surface area (Å²) in [4.78, 5) is 29.4. The summed E-state index contributed by atoms with van der Waals surface area (Å²) in [5.41, 5.74) is 0. The van der Waals surface area contributed by atoms with E-state index in [4.69, 9.17) is 14.5 Å². The molecule has 0 spiro atoms. The van der Waals surface area contributed by atoms with Crippen molar-refractivity contribution >= 4 is 13.4 Å². The first-order valence-electron chi connectivity index (χ1n) is 5.69. The molecule has 0 bridgehead atoms. The number of benzene rings is 1. The van der Waals surface area contributed by atoms with Gasteiger partial charge < -0.3 is 14.5 Å². The van der Waals surface area contributed by atoms with Crippen molar-refractivity contribution in [2.24, 2.45) is 5.92 Å². The Morgan fingerprint density at radius 1 is 1.37 bits per heavy atom. The van der Waals surface area contributed by atoms with Crippen molar-refractivity contribution in [3.63, 3.8) is 0 Å². The summed E-state index contributed by atoms with van der Waals surface area (Å²) in [7, 11) is -4.46. The molecular formula is C12H16FO5P. The van der Waals surface area contributed by atoms with Gasteiger partial charge in [-0.25, -0.2) is 4.39 Å². The molecule has 0 aliphatic heterocycles. The van der Waals surface area contributed by atoms with Crippen molar-refractivity contribution in [3.8, 4) is 5.75 Å². The van der Waals surface area contributed by atoms with E-state index in [2.05, 4.69) is 0 Å². The Morgan fingerprint density at radius 2 is 1.95 bits per heavy atom. The van der Waals surface area contributed by atoms with Gasteiger partial charge in [0.05, 0.1) is 0 Å². The number of halogens is 1. The molecule has 0 radical (unpaired) electrons. The van der Waals surface area contributed by atoms with E-state index in [1.165, 1.54) is 18.2 Å². The summed E-state index contributed by atoms with van der Waals surface area (Å²) in [5, 5.41) is 0. The van der Waals surface area contributed by atoms with Crippen molar-refractivity contribution in [2.45, 2.75) is 20.0 Å². The number of rotatable bonds is 6. The minimum absolute atomic E-state index is 0.111. The lowest BCUT2D eigenvalue weighted by molar-refractivity contribution is -0.125. The number of Topliss-reactive ketones (excluding diaryl/α,β-unsaturated/α-hetero) is 1. The molecule has 1 aromatic carbocycles. The first-order chi connectivity index (χ1) is 8.70. The SMILES string of the molecule is CC(C)C(Oc1ccccc1F)C(=O)CP(=O)(O)O. The average Bonchev–Trinajstić information content (AvgIpc) is 2.24. The maximum Gasteiger partial charge on any atom is 0.333 e. The maximum absolute atomic E-state index is 13.4. The lowest BCUT2D eigenvalue weighted by Crippen LogP contribution is -2.34. The van der Waals surface area contributed by atoms with Crippen LogP contribution in [-0.4, -0.2) is 27.8 Å². The maximum atomic E-state index is 13.4. The average molecular weight is 290 g/mol. The second-order valence-electron chi connectivity index (χ2n) is 4.50. The van der Waals surface area contributed by atoms with Crippen LogP contribution >= 0.6 is 7.60 Å². The van der Waals surface area contributed by atoms with Gasteiger partial charge in [0.2, 0.25) is 0 Å². The van der Waals surface area contributed by atoms with Gasteiger partial charge in [-0.1, -0.05) is 26.0 Å². The number of ketones is 1. The van der Waals surface area contributed by atoms with Gasteiger partial charge in [-0.3, -0.25) is 9.36 Å². The summed E-state index contributed by atoms with van der Waals surface area (Å²) in [6, 6.07) is 5.56. The van der Waals surface area contributed by atoms with Crippen molar-refractivity contribution in [1.29, 1.82) is 0 Å². The monoisotopic (exact) mass is 290 g/mol. The summed E-state index contributed by atoms with van der Waals surface area (Å²) in [6.07, 6.45) is -2.01. The summed E-state index contributed by atoms with van der Waals surface area (Å²) in [6.45, 7) is 3.31. The minimum atomic E-state index is -4.46.